The lowest BCUT2D eigenvalue weighted by atomic mass is 10.0. The van der Waals surface area contributed by atoms with Crippen LogP contribution in [0.25, 0.3) is 0 Å². The molecule has 98 valence electrons. The van der Waals surface area contributed by atoms with E-state index in [9.17, 15) is 9.59 Å². The van der Waals surface area contributed by atoms with Gasteiger partial charge in [0.1, 0.15) is 0 Å². The average Bonchev–Trinajstić information content (AvgIpc) is 2.90. The molecular weight excluding hydrogens is 262 g/mol. The number of hydrogen-bond donors (Lipinski definition) is 2. The van der Waals surface area contributed by atoms with Crippen molar-refractivity contribution >= 4 is 23.2 Å². The molecule has 4 nitrogen and oxygen atoms in total. The quantitative estimate of drug-likeness (QED) is 0.880. The predicted octanol–water partition coefficient (Wildman–Crippen LogP) is 2.31. The number of benzene rings is 1. The number of carbonyl (C=O) groups is 2. The highest BCUT2D eigenvalue weighted by Gasteiger charge is 2.09. The lowest BCUT2D eigenvalue weighted by Gasteiger charge is -2.08. The Bertz CT molecular complexity index is 578. The fourth-order valence-electron chi connectivity index (χ4n) is 1.74. The molecule has 1 amide bonds. The van der Waals surface area contributed by atoms with Crippen molar-refractivity contribution in [3.8, 4) is 0 Å². The molecule has 0 radical (unpaired) electrons. The van der Waals surface area contributed by atoms with Crippen LogP contribution in [-0.2, 0) is 17.8 Å². The highest BCUT2D eigenvalue weighted by molar-refractivity contribution is 7.08. The molecule has 0 aliphatic carbocycles. The number of carboxylic acids is 1. The van der Waals surface area contributed by atoms with E-state index in [4.69, 9.17) is 5.11 Å². The summed E-state index contributed by atoms with van der Waals surface area (Å²) in [6.45, 7) is 0.331. The first-order valence-corrected chi connectivity index (χ1v) is 6.70. The van der Waals surface area contributed by atoms with Gasteiger partial charge in [-0.05, 0) is 22.6 Å². The Balaban J connectivity index is 2.03. The molecule has 5 heteroatoms. The zero-order chi connectivity index (χ0) is 13.7. The second kappa shape index (κ2) is 6.15. The maximum Gasteiger partial charge on any atom is 0.307 e. The summed E-state index contributed by atoms with van der Waals surface area (Å²) in [5, 5.41) is 15.2. The topological polar surface area (TPSA) is 66.4 Å². The van der Waals surface area contributed by atoms with Gasteiger partial charge in [-0.15, -0.1) is 0 Å². The van der Waals surface area contributed by atoms with E-state index in [0.717, 1.165) is 11.1 Å². The molecule has 1 aromatic carbocycles. The van der Waals surface area contributed by atoms with Crippen LogP contribution in [0, 0.1) is 0 Å². The van der Waals surface area contributed by atoms with Crippen LogP contribution in [0.4, 0.5) is 0 Å². The second-order valence-electron chi connectivity index (χ2n) is 4.03. The standard InChI is InChI=1S/C14H13NO3S/c16-13(17)7-10-3-1-2-4-11(10)8-15-14(18)12-5-6-19-9-12/h1-6,9H,7-8H2,(H,15,18)(H,16,17). The van der Waals surface area contributed by atoms with Gasteiger partial charge in [0.15, 0.2) is 0 Å². The summed E-state index contributed by atoms with van der Waals surface area (Å²) < 4.78 is 0. The normalized spacial score (nSPS) is 10.1. The molecule has 0 saturated heterocycles. The fourth-order valence-corrected chi connectivity index (χ4v) is 2.37. The summed E-state index contributed by atoms with van der Waals surface area (Å²) in [4.78, 5) is 22.6. The van der Waals surface area contributed by atoms with E-state index in [0.29, 0.717) is 12.1 Å². The summed E-state index contributed by atoms with van der Waals surface area (Å²) in [5.74, 6) is -1.03. The minimum absolute atomic E-state index is 0.0372. The predicted molar refractivity (Wildman–Crippen MR) is 73.3 cm³/mol. The third-order valence-electron chi connectivity index (χ3n) is 2.68. The van der Waals surface area contributed by atoms with Crippen molar-refractivity contribution in [3.63, 3.8) is 0 Å². The van der Waals surface area contributed by atoms with Gasteiger partial charge >= 0.3 is 5.97 Å². The molecular formula is C14H13NO3S. The SMILES string of the molecule is O=C(O)Cc1ccccc1CNC(=O)c1ccsc1. The van der Waals surface area contributed by atoms with Crippen molar-refractivity contribution in [3.05, 3.63) is 57.8 Å². The molecule has 1 aromatic heterocycles. The Kier molecular flexibility index (Phi) is 4.30. The number of thiophene rings is 1. The molecule has 0 bridgehead atoms. The molecule has 0 spiro atoms. The molecule has 2 rings (SSSR count). The van der Waals surface area contributed by atoms with Gasteiger partial charge in [-0.2, -0.15) is 11.3 Å². The zero-order valence-electron chi connectivity index (χ0n) is 10.1. The van der Waals surface area contributed by atoms with Crippen LogP contribution < -0.4 is 5.32 Å². The fraction of sp³-hybridized carbons (Fsp3) is 0.143. The van der Waals surface area contributed by atoms with Crippen molar-refractivity contribution in [1.29, 1.82) is 0 Å². The maximum atomic E-state index is 11.8. The number of hydrogen-bond acceptors (Lipinski definition) is 3. The van der Waals surface area contributed by atoms with Crippen LogP contribution in [-0.4, -0.2) is 17.0 Å². The second-order valence-corrected chi connectivity index (χ2v) is 4.81. The maximum absolute atomic E-state index is 11.8. The first kappa shape index (κ1) is 13.3. The molecule has 0 atom stereocenters. The number of carbonyl (C=O) groups excluding carboxylic acids is 1. The first-order chi connectivity index (χ1) is 9.16. The van der Waals surface area contributed by atoms with Gasteiger partial charge in [0.2, 0.25) is 0 Å². The summed E-state index contributed by atoms with van der Waals surface area (Å²) in [7, 11) is 0. The largest absolute Gasteiger partial charge is 0.481 e. The van der Waals surface area contributed by atoms with Gasteiger partial charge in [-0.1, -0.05) is 24.3 Å². The van der Waals surface area contributed by atoms with Crippen molar-refractivity contribution in [1.82, 2.24) is 5.32 Å². The van der Waals surface area contributed by atoms with Crippen LogP contribution in [0.15, 0.2) is 41.1 Å². The number of nitrogens with one attached hydrogen (secondary N) is 1. The van der Waals surface area contributed by atoms with Crippen molar-refractivity contribution < 1.29 is 14.7 Å². The smallest absolute Gasteiger partial charge is 0.307 e. The summed E-state index contributed by atoms with van der Waals surface area (Å²) >= 11 is 1.46. The van der Waals surface area contributed by atoms with E-state index in [1.54, 1.807) is 23.6 Å². The van der Waals surface area contributed by atoms with Crippen LogP contribution in [0.5, 0.6) is 0 Å². The first-order valence-electron chi connectivity index (χ1n) is 5.76. The van der Waals surface area contributed by atoms with Crippen LogP contribution in [0.3, 0.4) is 0 Å². The minimum atomic E-state index is -0.878. The molecule has 0 aliphatic rings. The van der Waals surface area contributed by atoms with Gasteiger partial charge in [-0.25, -0.2) is 0 Å². The lowest BCUT2D eigenvalue weighted by molar-refractivity contribution is -0.136. The Morgan fingerprint density at radius 3 is 2.53 bits per heavy atom. The van der Waals surface area contributed by atoms with E-state index >= 15 is 0 Å². The summed E-state index contributed by atoms with van der Waals surface area (Å²) in [6, 6.07) is 8.97. The summed E-state index contributed by atoms with van der Waals surface area (Å²) in [5.41, 5.74) is 2.18. The van der Waals surface area contributed by atoms with Gasteiger partial charge < -0.3 is 10.4 Å². The monoisotopic (exact) mass is 275 g/mol. The molecule has 1 heterocycles. The van der Waals surface area contributed by atoms with Gasteiger partial charge in [0, 0.05) is 17.5 Å². The van der Waals surface area contributed by atoms with Crippen LogP contribution >= 0.6 is 11.3 Å². The van der Waals surface area contributed by atoms with Gasteiger partial charge in [0.25, 0.3) is 5.91 Å². The van der Waals surface area contributed by atoms with Crippen LogP contribution in [0.2, 0.25) is 0 Å². The molecule has 2 N–H and O–H groups in total. The third-order valence-corrected chi connectivity index (χ3v) is 3.37. The van der Waals surface area contributed by atoms with E-state index in [-0.39, 0.29) is 12.3 Å². The third kappa shape index (κ3) is 3.66. The Labute approximate surface area is 114 Å². The lowest BCUT2D eigenvalue weighted by Crippen LogP contribution is -2.23. The van der Waals surface area contributed by atoms with E-state index in [2.05, 4.69) is 5.32 Å². The van der Waals surface area contributed by atoms with Crippen molar-refractivity contribution in [2.24, 2.45) is 0 Å². The van der Waals surface area contributed by atoms with E-state index < -0.39 is 5.97 Å². The molecule has 0 saturated carbocycles. The Morgan fingerprint density at radius 2 is 1.89 bits per heavy atom. The average molecular weight is 275 g/mol. The molecule has 0 aliphatic heterocycles. The summed E-state index contributed by atoms with van der Waals surface area (Å²) in [6.07, 6.45) is -0.0372. The molecule has 0 fully saturated rings. The number of aliphatic carboxylic acids is 1. The van der Waals surface area contributed by atoms with E-state index in [1.807, 2.05) is 17.5 Å². The highest BCUT2D eigenvalue weighted by Crippen LogP contribution is 2.11. The molecule has 0 unspecified atom stereocenters. The van der Waals surface area contributed by atoms with Gasteiger partial charge in [-0.3, -0.25) is 9.59 Å². The van der Waals surface area contributed by atoms with E-state index in [1.165, 1.54) is 11.3 Å². The Hall–Kier alpha value is -2.14. The van der Waals surface area contributed by atoms with Gasteiger partial charge in [0.05, 0.1) is 6.42 Å². The van der Waals surface area contributed by atoms with Crippen molar-refractivity contribution in [2.75, 3.05) is 0 Å². The number of carboxylic acid groups (broad SMARTS) is 1. The number of amides is 1. The molecule has 19 heavy (non-hydrogen) atoms. The zero-order valence-corrected chi connectivity index (χ0v) is 10.9. The Morgan fingerprint density at radius 1 is 1.16 bits per heavy atom. The highest BCUT2D eigenvalue weighted by atomic mass is 32.1. The molecule has 2 aromatic rings. The van der Waals surface area contributed by atoms with Crippen molar-refractivity contribution in [2.45, 2.75) is 13.0 Å². The minimum Gasteiger partial charge on any atom is -0.481 e. The van der Waals surface area contributed by atoms with Crippen LogP contribution in [0.1, 0.15) is 21.5 Å². The number of rotatable bonds is 5.